The van der Waals surface area contributed by atoms with Gasteiger partial charge in [-0.05, 0) is 51.1 Å². The largest absolute Gasteiger partial charge is 0.315 e. The van der Waals surface area contributed by atoms with Crippen LogP contribution in [0.1, 0.15) is 65.2 Å². The molecule has 1 saturated heterocycles. The first kappa shape index (κ1) is 15.3. The van der Waals surface area contributed by atoms with E-state index in [1.807, 2.05) is 0 Å². The lowest BCUT2D eigenvalue weighted by atomic mass is 9.75. The fourth-order valence-corrected chi connectivity index (χ4v) is 3.97. The molecule has 1 heterocycles. The third-order valence-corrected chi connectivity index (χ3v) is 5.34. The second-order valence-corrected chi connectivity index (χ2v) is 6.85. The van der Waals surface area contributed by atoms with Crippen LogP contribution in [0.3, 0.4) is 0 Å². The maximum atomic E-state index is 3.65. The van der Waals surface area contributed by atoms with Crippen LogP contribution in [-0.4, -0.2) is 37.1 Å². The quantitative estimate of drug-likeness (QED) is 0.707. The van der Waals surface area contributed by atoms with Gasteiger partial charge in [0.05, 0.1) is 0 Å². The van der Waals surface area contributed by atoms with E-state index in [-0.39, 0.29) is 0 Å². The Morgan fingerprint density at radius 3 is 2.68 bits per heavy atom. The third-order valence-electron chi connectivity index (χ3n) is 5.34. The van der Waals surface area contributed by atoms with Crippen LogP contribution in [0.4, 0.5) is 0 Å². The minimum absolute atomic E-state index is 0.726. The van der Waals surface area contributed by atoms with E-state index < -0.39 is 0 Å². The van der Waals surface area contributed by atoms with Gasteiger partial charge < -0.3 is 5.32 Å². The van der Waals surface area contributed by atoms with Crippen molar-refractivity contribution >= 4 is 0 Å². The smallest absolute Gasteiger partial charge is 0.0192 e. The maximum Gasteiger partial charge on any atom is 0.0192 e. The lowest BCUT2D eigenvalue weighted by molar-refractivity contribution is 0.0618. The molecular formula is C17H34N2. The number of nitrogens with one attached hydrogen (secondary N) is 1. The Morgan fingerprint density at radius 1 is 1.11 bits per heavy atom. The SMILES string of the molecule is CCCCCNCC(C)N1CCC2CCCCC2C1. The second-order valence-electron chi connectivity index (χ2n) is 6.85. The standard InChI is InChI=1S/C17H34N2/c1-3-4-7-11-18-13-15(2)19-12-10-16-8-5-6-9-17(16)14-19/h15-18H,3-14H2,1-2H3. The topological polar surface area (TPSA) is 15.3 Å². The number of rotatable bonds is 7. The third kappa shape index (κ3) is 4.75. The van der Waals surface area contributed by atoms with Crippen LogP contribution in [-0.2, 0) is 0 Å². The Hall–Kier alpha value is -0.0800. The van der Waals surface area contributed by atoms with Gasteiger partial charge in [0.1, 0.15) is 0 Å². The van der Waals surface area contributed by atoms with Gasteiger partial charge in [0.15, 0.2) is 0 Å². The van der Waals surface area contributed by atoms with Crippen molar-refractivity contribution < 1.29 is 0 Å². The van der Waals surface area contributed by atoms with E-state index in [0.29, 0.717) is 0 Å². The summed E-state index contributed by atoms with van der Waals surface area (Å²) in [5.41, 5.74) is 0. The molecule has 1 aliphatic carbocycles. The summed E-state index contributed by atoms with van der Waals surface area (Å²) in [4.78, 5) is 2.75. The van der Waals surface area contributed by atoms with Crippen molar-refractivity contribution in [2.24, 2.45) is 11.8 Å². The molecule has 0 aromatic rings. The fourth-order valence-electron chi connectivity index (χ4n) is 3.97. The number of piperidine rings is 1. The van der Waals surface area contributed by atoms with E-state index in [1.54, 1.807) is 0 Å². The first-order valence-electron chi connectivity index (χ1n) is 8.76. The van der Waals surface area contributed by atoms with E-state index in [2.05, 4.69) is 24.1 Å². The summed E-state index contributed by atoms with van der Waals surface area (Å²) in [6, 6.07) is 0.726. The molecule has 2 rings (SSSR count). The molecule has 2 nitrogen and oxygen atoms in total. The Labute approximate surface area is 120 Å². The summed E-state index contributed by atoms with van der Waals surface area (Å²) in [5, 5.41) is 3.65. The number of hydrogen-bond acceptors (Lipinski definition) is 2. The predicted molar refractivity (Wildman–Crippen MR) is 83.5 cm³/mol. The van der Waals surface area contributed by atoms with Crippen LogP contribution < -0.4 is 5.32 Å². The number of likely N-dealkylation sites (tertiary alicyclic amines) is 1. The minimum atomic E-state index is 0.726. The van der Waals surface area contributed by atoms with E-state index in [9.17, 15) is 0 Å². The Bertz CT molecular complexity index is 241. The monoisotopic (exact) mass is 266 g/mol. The molecule has 0 aromatic carbocycles. The number of unbranched alkanes of at least 4 members (excludes halogenated alkanes) is 2. The van der Waals surface area contributed by atoms with Gasteiger partial charge in [0.25, 0.3) is 0 Å². The zero-order valence-electron chi connectivity index (χ0n) is 13.2. The summed E-state index contributed by atoms with van der Waals surface area (Å²) in [5.74, 6) is 2.08. The molecule has 3 unspecified atom stereocenters. The summed E-state index contributed by atoms with van der Waals surface area (Å²) in [7, 11) is 0. The predicted octanol–water partition coefficient (Wildman–Crippen LogP) is 3.67. The highest BCUT2D eigenvalue weighted by atomic mass is 15.2. The van der Waals surface area contributed by atoms with E-state index in [1.165, 1.54) is 77.5 Å². The lowest BCUT2D eigenvalue weighted by Gasteiger charge is -2.43. The Kier molecular flexibility index (Phi) is 6.66. The van der Waals surface area contributed by atoms with Crippen molar-refractivity contribution in [3.8, 4) is 0 Å². The Morgan fingerprint density at radius 2 is 1.89 bits per heavy atom. The van der Waals surface area contributed by atoms with Gasteiger partial charge in [-0.25, -0.2) is 0 Å². The number of hydrogen-bond donors (Lipinski definition) is 1. The van der Waals surface area contributed by atoms with Gasteiger partial charge in [-0.15, -0.1) is 0 Å². The van der Waals surface area contributed by atoms with Crippen molar-refractivity contribution in [2.45, 2.75) is 71.3 Å². The molecule has 2 fully saturated rings. The summed E-state index contributed by atoms with van der Waals surface area (Å²) in [6.07, 6.45) is 11.5. The molecule has 3 atom stereocenters. The Balaban J connectivity index is 1.64. The van der Waals surface area contributed by atoms with Crippen LogP contribution in [0.2, 0.25) is 0 Å². The van der Waals surface area contributed by atoms with Gasteiger partial charge in [0.2, 0.25) is 0 Å². The van der Waals surface area contributed by atoms with Crippen molar-refractivity contribution in [3.63, 3.8) is 0 Å². The molecule has 0 amide bonds. The highest BCUT2D eigenvalue weighted by Crippen LogP contribution is 2.36. The van der Waals surface area contributed by atoms with Crippen molar-refractivity contribution in [1.82, 2.24) is 10.2 Å². The highest BCUT2D eigenvalue weighted by molar-refractivity contribution is 4.85. The molecule has 19 heavy (non-hydrogen) atoms. The van der Waals surface area contributed by atoms with E-state index >= 15 is 0 Å². The van der Waals surface area contributed by atoms with E-state index in [4.69, 9.17) is 0 Å². The van der Waals surface area contributed by atoms with Crippen LogP contribution in [0.5, 0.6) is 0 Å². The van der Waals surface area contributed by atoms with Crippen molar-refractivity contribution in [2.75, 3.05) is 26.2 Å². The molecule has 2 heteroatoms. The molecule has 2 aliphatic rings. The summed E-state index contributed by atoms with van der Waals surface area (Å²) in [6.45, 7) is 9.80. The number of nitrogens with zero attached hydrogens (tertiary/aromatic N) is 1. The minimum Gasteiger partial charge on any atom is -0.315 e. The van der Waals surface area contributed by atoms with Crippen molar-refractivity contribution in [3.05, 3.63) is 0 Å². The molecule has 0 radical (unpaired) electrons. The maximum absolute atomic E-state index is 3.65. The summed E-state index contributed by atoms with van der Waals surface area (Å²) < 4.78 is 0. The van der Waals surface area contributed by atoms with Crippen molar-refractivity contribution in [1.29, 1.82) is 0 Å². The average Bonchev–Trinajstić information content (AvgIpc) is 2.46. The highest BCUT2D eigenvalue weighted by Gasteiger charge is 2.32. The molecule has 0 spiro atoms. The fraction of sp³-hybridized carbons (Fsp3) is 1.00. The van der Waals surface area contributed by atoms with Gasteiger partial charge in [-0.3, -0.25) is 4.90 Å². The van der Waals surface area contributed by atoms with Gasteiger partial charge in [0, 0.05) is 19.1 Å². The molecule has 0 aromatic heterocycles. The van der Waals surface area contributed by atoms with E-state index in [0.717, 1.165) is 17.9 Å². The van der Waals surface area contributed by atoms with Crippen LogP contribution in [0.15, 0.2) is 0 Å². The lowest BCUT2D eigenvalue weighted by Crippen LogP contribution is -2.48. The zero-order valence-corrected chi connectivity index (χ0v) is 13.2. The summed E-state index contributed by atoms with van der Waals surface area (Å²) >= 11 is 0. The normalized spacial score (nSPS) is 30.0. The molecule has 112 valence electrons. The molecular weight excluding hydrogens is 232 g/mol. The molecule has 1 N–H and O–H groups in total. The van der Waals surface area contributed by atoms with Gasteiger partial charge >= 0.3 is 0 Å². The molecule has 1 aliphatic heterocycles. The van der Waals surface area contributed by atoms with Crippen LogP contribution >= 0.6 is 0 Å². The second kappa shape index (κ2) is 8.26. The molecule has 0 bridgehead atoms. The first-order valence-corrected chi connectivity index (χ1v) is 8.76. The van der Waals surface area contributed by atoms with Crippen LogP contribution in [0, 0.1) is 11.8 Å². The van der Waals surface area contributed by atoms with Gasteiger partial charge in [-0.1, -0.05) is 39.0 Å². The zero-order chi connectivity index (χ0) is 13.5. The first-order chi connectivity index (χ1) is 9.31. The van der Waals surface area contributed by atoms with Crippen LogP contribution in [0.25, 0.3) is 0 Å². The average molecular weight is 266 g/mol. The molecule has 1 saturated carbocycles. The number of fused-ring (bicyclic) bond motifs is 1. The van der Waals surface area contributed by atoms with Gasteiger partial charge in [-0.2, -0.15) is 0 Å².